The molecule has 1 heterocycles. The number of amides is 1. The monoisotopic (exact) mass is 313 g/mol. The van der Waals surface area contributed by atoms with Gasteiger partial charge in [0.2, 0.25) is 5.91 Å². The van der Waals surface area contributed by atoms with E-state index in [1.54, 1.807) is 0 Å². The lowest BCUT2D eigenvalue weighted by Gasteiger charge is -2.31. The van der Waals surface area contributed by atoms with E-state index in [4.69, 9.17) is 5.73 Å². The molecule has 0 spiro atoms. The van der Waals surface area contributed by atoms with E-state index in [0.29, 0.717) is 12.5 Å². The molecule has 2 N–H and O–H groups in total. The first kappa shape index (κ1) is 21.3. The van der Waals surface area contributed by atoms with Crippen molar-refractivity contribution in [1.82, 2.24) is 9.80 Å². The summed E-state index contributed by atoms with van der Waals surface area (Å²) in [6.07, 6.45) is 1.02. The Kier molecular flexibility index (Phi) is 9.29. The zero-order valence-electron chi connectivity index (χ0n) is 12.7. The number of rotatable bonds is 4. The Morgan fingerprint density at radius 2 is 1.89 bits per heavy atom. The normalized spacial score (nSPS) is 24.1. The van der Waals surface area contributed by atoms with E-state index >= 15 is 0 Å². The number of nitrogens with zero attached hydrogens (tertiary/aromatic N) is 2. The molecule has 0 bridgehead atoms. The zero-order valence-corrected chi connectivity index (χ0v) is 14.3. The molecule has 0 aromatic carbocycles. The maximum absolute atomic E-state index is 12.5. The van der Waals surface area contributed by atoms with E-state index < -0.39 is 0 Å². The number of halogens is 2. The van der Waals surface area contributed by atoms with E-state index in [9.17, 15) is 4.79 Å². The van der Waals surface area contributed by atoms with Crippen LogP contribution in [0.5, 0.6) is 0 Å². The predicted octanol–water partition coefficient (Wildman–Crippen LogP) is 1.61. The van der Waals surface area contributed by atoms with Crippen molar-refractivity contribution in [2.24, 2.45) is 17.1 Å². The highest BCUT2D eigenvalue weighted by atomic mass is 35.5. The first-order valence-corrected chi connectivity index (χ1v) is 6.46. The summed E-state index contributed by atoms with van der Waals surface area (Å²) in [6.45, 7) is 8.68. The van der Waals surface area contributed by atoms with Gasteiger partial charge in [-0.15, -0.1) is 24.8 Å². The van der Waals surface area contributed by atoms with Crippen LogP contribution in [0.2, 0.25) is 0 Å². The zero-order chi connectivity index (χ0) is 13.2. The third-order valence-electron chi connectivity index (χ3n) is 3.80. The van der Waals surface area contributed by atoms with Gasteiger partial charge in [-0.05, 0) is 38.4 Å². The van der Waals surface area contributed by atoms with Crippen molar-refractivity contribution >= 4 is 30.7 Å². The van der Waals surface area contributed by atoms with Gasteiger partial charge in [-0.3, -0.25) is 9.69 Å². The van der Waals surface area contributed by atoms with Crippen LogP contribution in [0.25, 0.3) is 0 Å². The van der Waals surface area contributed by atoms with Crippen molar-refractivity contribution in [3.63, 3.8) is 0 Å². The van der Waals surface area contributed by atoms with Crippen LogP contribution in [0, 0.1) is 11.3 Å². The molecule has 1 unspecified atom stereocenters. The number of nitrogens with two attached hydrogens (primary N) is 1. The largest absolute Gasteiger partial charge is 0.341 e. The molecular formula is C13H29Cl2N3O. The minimum absolute atomic E-state index is 0. The van der Waals surface area contributed by atoms with Crippen LogP contribution >= 0.6 is 24.8 Å². The Labute approximate surface area is 129 Å². The van der Waals surface area contributed by atoms with Crippen molar-refractivity contribution < 1.29 is 4.79 Å². The van der Waals surface area contributed by atoms with Gasteiger partial charge in [0.05, 0.1) is 6.04 Å². The molecule has 0 aliphatic carbocycles. The van der Waals surface area contributed by atoms with Crippen molar-refractivity contribution in [1.29, 1.82) is 0 Å². The fourth-order valence-electron chi connectivity index (χ4n) is 2.67. The quantitative estimate of drug-likeness (QED) is 0.858. The Morgan fingerprint density at radius 3 is 2.21 bits per heavy atom. The highest BCUT2D eigenvalue weighted by Gasteiger charge is 2.38. The Morgan fingerprint density at radius 1 is 1.37 bits per heavy atom. The van der Waals surface area contributed by atoms with Crippen LogP contribution in [-0.4, -0.2) is 55.5 Å². The fourth-order valence-corrected chi connectivity index (χ4v) is 2.67. The molecule has 0 radical (unpaired) electrons. The van der Waals surface area contributed by atoms with Crippen LogP contribution < -0.4 is 5.73 Å². The molecule has 19 heavy (non-hydrogen) atoms. The minimum atomic E-state index is -0.0184. The molecule has 1 rings (SSSR count). The average Bonchev–Trinajstić information content (AvgIpc) is 2.61. The second kappa shape index (κ2) is 8.30. The molecule has 0 saturated carbocycles. The van der Waals surface area contributed by atoms with Crippen molar-refractivity contribution in [2.45, 2.75) is 33.2 Å². The number of hydrogen-bond acceptors (Lipinski definition) is 3. The summed E-state index contributed by atoms with van der Waals surface area (Å²) < 4.78 is 0. The molecule has 1 saturated heterocycles. The SMILES string of the molecule is CC(C)[C@H](C(=O)N1CCC(C)(CN)C1)N(C)C.Cl.Cl. The van der Waals surface area contributed by atoms with Crippen LogP contribution in [0.3, 0.4) is 0 Å². The second-order valence-corrected chi connectivity index (χ2v) is 6.18. The lowest BCUT2D eigenvalue weighted by molar-refractivity contribution is -0.136. The number of carbonyl (C=O) groups is 1. The third kappa shape index (κ3) is 5.10. The molecule has 1 aliphatic rings. The van der Waals surface area contributed by atoms with Gasteiger partial charge in [0.25, 0.3) is 0 Å². The van der Waals surface area contributed by atoms with Gasteiger partial charge >= 0.3 is 0 Å². The number of hydrogen-bond donors (Lipinski definition) is 1. The van der Waals surface area contributed by atoms with E-state index in [1.165, 1.54) is 0 Å². The standard InChI is InChI=1S/C13H27N3O.2ClH/c1-10(2)11(15(4)5)12(17)16-7-6-13(3,8-14)9-16;;/h10-11H,6-9,14H2,1-5H3;2*1H/t11-,13?;;/m1../s1. The lowest BCUT2D eigenvalue weighted by atomic mass is 9.90. The molecule has 2 atom stereocenters. The van der Waals surface area contributed by atoms with E-state index in [2.05, 4.69) is 20.8 Å². The molecule has 0 aromatic rings. The van der Waals surface area contributed by atoms with Crippen molar-refractivity contribution in [3.05, 3.63) is 0 Å². The Hall–Kier alpha value is -0.0300. The highest BCUT2D eigenvalue weighted by Crippen LogP contribution is 2.29. The van der Waals surface area contributed by atoms with Gasteiger partial charge in [0.1, 0.15) is 0 Å². The minimum Gasteiger partial charge on any atom is -0.341 e. The number of carbonyl (C=O) groups excluding carboxylic acids is 1. The molecule has 4 nitrogen and oxygen atoms in total. The number of likely N-dealkylation sites (N-methyl/N-ethyl adjacent to an activating group) is 1. The maximum Gasteiger partial charge on any atom is 0.240 e. The smallest absolute Gasteiger partial charge is 0.240 e. The van der Waals surface area contributed by atoms with E-state index in [-0.39, 0.29) is 42.2 Å². The van der Waals surface area contributed by atoms with E-state index in [0.717, 1.165) is 19.5 Å². The summed E-state index contributed by atoms with van der Waals surface area (Å²) in [5.74, 6) is 0.587. The topological polar surface area (TPSA) is 49.6 Å². The second-order valence-electron chi connectivity index (χ2n) is 6.18. The van der Waals surface area contributed by atoms with Crippen molar-refractivity contribution in [3.8, 4) is 0 Å². The van der Waals surface area contributed by atoms with E-state index in [1.807, 2.05) is 23.9 Å². The average molecular weight is 314 g/mol. The van der Waals surface area contributed by atoms with Crippen LogP contribution in [-0.2, 0) is 4.79 Å². The Balaban J connectivity index is 0. The Bertz CT molecular complexity index is 279. The molecule has 1 aliphatic heterocycles. The number of likely N-dealkylation sites (tertiary alicyclic amines) is 1. The molecule has 1 amide bonds. The van der Waals surface area contributed by atoms with Crippen LogP contribution in [0.15, 0.2) is 0 Å². The van der Waals surface area contributed by atoms with Crippen LogP contribution in [0.4, 0.5) is 0 Å². The van der Waals surface area contributed by atoms with Crippen LogP contribution in [0.1, 0.15) is 27.2 Å². The summed E-state index contributed by atoms with van der Waals surface area (Å²) in [6, 6.07) is -0.0184. The third-order valence-corrected chi connectivity index (χ3v) is 3.80. The molecule has 116 valence electrons. The van der Waals surface area contributed by atoms with Gasteiger partial charge in [0.15, 0.2) is 0 Å². The highest BCUT2D eigenvalue weighted by molar-refractivity contribution is 5.85. The summed E-state index contributed by atoms with van der Waals surface area (Å²) in [4.78, 5) is 16.5. The fraction of sp³-hybridized carbons (Fsp3) is 0.923. The lowest BCUT2D eigenvalue weighted by Crippen LogP contribution is -2.48. The van der Waals surface area contributed by atoms with Crippen molar-refractivity contribution in [2.75, 3.05) is 33.7 Å². The first-order valence-electron chi connectivity index (χ1n) is 6.46. The van der Waals surface area contributed by atoms with Gasteiger partial charge in [0, 0.05) is 13.1 Å². The molecular weight excluding hydrogens is 285 g/mol. The summed E-state index contributed by atoms with van der Waals surface area (Å²) in [5.41, 5.74) is 5.89. The van der Waals surface area contributed by atoms with Gasteiger partial charge in [-0.1, -0.05) is 20.8 Å². The van der Waals surface area contributed by atoms with Gasteiger partial charge in [-0.25, -0.2) is 0 Å². The van der Waals surface area contributed by atoms with Gasteiger partial charge < -0.3 is 10.6 Å². The molecule has 1 fully saturated rings. The summed E-state index contributed by atoms with van der Waals surface area (Å²) in [5, 5.41) is 0. The molecule has 6 heteroatoms. The summed E-state index contributed by atoms with van der Waals surface area (Å²) >= 11 is 0. The maximum atomic E-state index is 12.5. The predicted molar refractivity (Wildman–Crippen MR) is 85.2 cm³/mol. The summed E-state index contributed by atoms with van der Waals surface area (Å²) in [7, 11) is 3.95. The molecule has 0 aromatic heterocycles. The van der Waals surface area contributed by atoms with Gasteiger partial charge in [-0.2, -0.15) is 0 Å². The first-order chi connectivity index (χ1) is 7.80.